The van der Waals surface area contributed by atoms with Crippen molar-refractivity contribution in [3.8, 4) is 0 Å². The number of non-ortho nitro benzene ring substituents is 1. The molecule has 110 valence electrons. The van der Waals surface area contributed by atoms with E-state index in [4.69, 9.17) is 5.11 Å². The molecule has 0 bridgehead atoms. The van der Waals surface area contributed by atoms with E-state index < -0.39 is 10.9 Å². The molecule has 7 heteroatoms. The summed E-state index contributed by atoms with van der Waals surface area (Å²) in [4.78, 5) is 23.3. The van der Waals surface area contributed by atoms with Crippen molar-refractivity contribution in [2.45, 2.75) is 26.3 Å². The van der Waals surface area contributed by atoms with E-state index in [-0.39, 0.29) is 23.9 Å². The third-order valence-corrected chi connectivity index (χ3v) is 2.91. The zero-order valence-corrected chi connectivity index (χ0v) is 11.4. The first kappa shape index (κ1) is 15.9. The van der Waals surface area contributed by atoms with E-state index in [2.05, 4.69) is 0 Å². The molecule has 0 aliphatic heterocycles. The third-order valence-electron chi connectivity index (χ3n) is 2.91. The van der Waals surface area contributed by atoms with Gasteiger partial charge in [-0.25, -0.2) is 4.79 Å². The lowest BCUT2D eigenvalue weighted by atomic mass is 10.1. The second kappa shape index (κ2) is 6.85. The van der Waals surface area contributed by atoms with Crippen LogP contribution >= 0.6 is 0 Å². The molecular formula is C13H18N2O5. The van der Waals surface area contributed by atoms with Crippen LogP contribution in [-0.2, 0) is 0 Å². The SMILES string of the molecule is CC(C)N(CCCO)c1cc([N+](=O)[O-])ccc1C(=O)O. The van der Waals surface area contributed by atoms with Crippen LogP contribution in [-0.4, -0.2) is 40.3 Å². The first-order valence-electron chi connectivity index (χ1n) is 6.27. The number of nitro benzene ring substituents is 1. The zero-order chi connectivity index (χ0) is 15.3. The molecule has 0 aromatic heterocycles. The molecule has 0 fully saturated rings. The van der Waals surface area contributed by atoms with Gasteiger partial charge in [0.1, 0.15) is 0 Å². The highest BCUT2D eigenvalue weighted by molar-refractivity contribution is 5.95. The number of hydrogen-bond donors (Lipinski definition) is 2. The summed E-state index contributed by atoms with van der Waals surface area (Å²) in [6.45, 7) is 4.12. The molecule has 0 radical (unpaired) electrons. The zero-order valence-electron chi connectivity index (χ0n) is 11.4. The molecule has 1 aromatic rings. The number of carbonyl (C=O) groups is 1. The van der Waals surface area contributed by atoms with E-state index >= 15 is 0 Å². The molecule has 7 nitrogen and oxygen atoms in total. The van der Waals surface area contributed by atoms with Crippen molar-refractivity contribution in [2.75, 3.05) is 18.1 Å². The molecule has 0 atom stereocenters. The minimum atomic E-state index is -1.13. The molecule has 0 aliphatic carbocycles. The normalized spacial score (nSPS) is 10.6. The smallest absolute Gasteiger partial charge is 0.337 e. The van der Waals surface area contributed by atoms with Crippen molar-refractivity contribution in [1.29, 1.82) is 0 Å². The topological polar surface area (TPSA) is 104 Å². The van der Waals surface area contributed by atoms with Crippen LogP contribution in [0.1, 0.15) is 30.6 Å². The predicted octanol–water partition coefficient (Wildman–Crippen LogP) is 1.89. The largest absolute Gasteiger partial charge is 0.478 e. The number of anilines is 1. The van der Waals surface area contributed by atoms with Crippen LogP contribution in [0.3, 0.4) is 0 Å². The van der Waals surface area contributed by atoms with Crippen LogP contribution in [0.5, 0.6) is 0 Å². The summed E-state index contributed by atoms with van der Waals surface area (Å²) < 4.78 is 0. The van der Waals surface area contributed by atoms with Crippen LogP contribution in [0, 0.1) is 10.1 Å². The second-order valence-electron chi connectivity index (χ2n) is 4.63. The Bertz CT molecular complexity index is 502. The van der Waals surface area contributed by atoms with Crippen molar-refractivity contribution >= 4 is 17.3 Å². The van der Waals surface area contributed by atoms with Gasteiger partial charge in [-0.3, -0.25) is 10.1 Å². The molecular weight excluding hydrogens is 264 g/mol. The lowest BCUT2D eigenvalue weighted by Gasteiger charge is -2.29. The standard InChI is InChI=1S/C13H18N2O5/c1-9(2)14(6-3-7-16)12-8-10(15(19)20)4-5-11(12)13(17)18/h4-5,8-9,16H,3,6-7H2,1-2H3,(H,17,18). The Morgan fingerprint density at radius 1 is 1.45 bits per heavy atom. The molecule has 1 aromatic carbocycles. The fourth-order valence-electron chi connectivity index (χ4n) is 1.95. The van der Waals surface area contributed by atoms with Crippen LogP contribution in [0.4, 0.5) is 11.4 Å². The molecule has 0 saturated heterocycles. The highest BCUT2D eigenvalue weighted by atomic mass is 16.6. The van der Waals surface area contributed by atoms with Crippen molar-refractivity contribution in [1.82, 2.24) is 0 Å². The molecule has 0 amide bonds. The van der Waals surface area contributed by atoms with E-state index in [0.717, 1.165) is 0 Å². The van der Waals surface area contributed by atoms with Gasteiger partial charge in [0.15, 0.2) is 0 Å². The van der Waals surface area contributed by atoms with Crippen molar-refractivity contribution < 1.29 is 19.9 Å². The molecule has 20 heavy (non-hydrogen) atoms. The third kappa shape index (κ3) is 3.67. The molecule has 2 N–H and O–H groups in total. The Morgan fingerprint density at radius 3 is 2.55 bits per heavy atom. The maximum Gasteiger partial charge on any atom is 0.337 e. The predicted molar refractivity (Wildman–Crippen MR) is 74.2 cm³/mol. The van der Waals surface area contributed by atoms with E-state index in [1.54, 1.807) is 4.90 Å². The van der Waals surface area contributed by atoms with Gasteiger partial charge in [0.2, 0.25) is 0 Å². The Hall–Kier alpha value is -2.15. The summed E-state index contributed by atoms with van der Waals surface area (Å²) in [5.41, 5.74) is 0.164. The van der Waals surface area contributed by atoms with Crippen molar-refractivity contribution in [3.05, 3.63) is 33.9 Å². The van der Waals surface area contributed by atoms with Crippen molar-refractivity contribution in [2.24, 2.45) is 0 Å². The maximum absolute atomic E-state index is 11.3. The fourth-order valence-corrected chi connectivity index (χ4v) is 1.95. The van der Waals surface area contributed by atoms with Crippen LogP contribution in [0.15, 0.2) is 18.2 Å². The Labute approximate surface area is 116 Å². The number of aromatic carboxylic acids is 1. The molecule has 0 unspecified atom stereocenters. The number of nitro groups is 1. The number of aliphatic hydroxyl groups is 1. The number of aliphatic hydroxyl groups excluding tert-OH is 1. The number of rotatable bonds is 7. The summed E-state index contributed by atoms with van der Waals surface area (Å²) >= 11 is 0. The van der Waals surface area contributed by atoms with Gasteiger partial charge in [-0.1, -0.05) is 0 Å². The summed E-state index contributed by atoms with van der Waals surface area (Å²) in [5.74, 6) is -1.13. The first-order valence-corrected chi connectivity index (χ1v) is 6.27. The lowest BCUT2D eigenvalue weighted by Crippen LogP contribution is -2.33. The molecule has 0 aliphatic rings. The molecule has 0 spiro atoms. The molecule has 0 saturated carbocycles. The van der Waals surface area contributed by atoms with Crippen LogP contribution < -0.4 is 4.90 Å². The van der Waals surface area contributed by atoms with E-state index in [0.29, 0.717) is 18.7 Å². The summed E-state index contributed by atoms with van der Waals surface area (Å²) in [6.07, 6.45) is 0.458. The fraction of sp³-hybridized carbons (Fsp3) is 0.462. The average molecular weight is 282 g/mol. The summed E-state index contributed by atoms with van der Waals surface area (Å²) in [7, 11) is 0. The Morgan fingerprint density at radius 2 is 2.10 bits per heavy atom. The first-order chi connectivity index (χ1) is 9.38. The molecule has 1 rings (SSSR count). The van der Waals surface area contributed by atoms with Gasteiger partial charge >= 0.3 is 5.97 Å². The quantitative estimate of drug-likeness (QED) is 0.584. The van der Waals surface area contributed by atoms with Gasteiger partial charge in [-0.05, 0) is 26.3 Å². The number of carboxylic acids is 1. The van der Waals surface area contributed by atoms with Crippen LogP contribution in [0.2, 0.25) is 0 Å². The van der Waals surface area contributed by atoms with Gasteiger partial charge in [-0.2, -0.15) is 0 Å². The van der Waals surface area contributed by atoms with E-state index in [1.165, 1.54) is 18.2 Å². The van der Waals surface area contributed by atoms with Gasteiger partial charge in [0.05, 0.1) is 16.2 Å². The van der Waals surface area contributed by atoms with E-state index in [9.17, 15) is 20.0 Å². The summed E-state index contributed by atoms with van der Waals surface area (Å²) in [6, 6.07) is 3.64. The van der Waals surface area contributed by atoms with Gasteiger partial charge in [0, 0.05) is 31.3 Å². The van der Waals surface area contributed by atoms with Gasteiger partial charge in [0.25, 0.3) is 5.69 Å². The Kier molecular flexibility index (Phi) is 5.45. The minimum Gasteiger partial charge on any atom is -0.478 e. The highest BCUT2D eigenvalue weighted by Crippen LogP contribution is 2.28. The Balaban J connectivity index is 3.30. The van der Waals surface area contributed by atoms with Crippen molar-refractivity contribution in [3.63, 3.8) is 0 Å². The molecule has 0 heterocycles. The summed E-state index contributed by atoms with van der Waals surface area (Å²) in [5, 5.41) is 29.0. The lowest BCUT2D eigenvalue weighted by molar-refractivity contribution is -0.384. The van der Waals surface area contributed by atoms with Crippen LogP contribution in [0.25, 0.3) is 0 Å². The van der Waals surface area contributed by atoms with Gasteiger partial charge in [-0.15, -0.1) is 0 Å². The average Bonchev–Trinajstić information content (AvgIpc) is 2.38. The minimum absolute atomic E-state index is 0.0160. The number of benzene rings is 1. The number of hydrogen-bond acceptors (Lipinski definition) is 5. The maximum atomic E-state index is 11.3. The second-order valence-corrected chi connectivity index (χ2v) is 4.63. The van der Waals surface area contributed by atoms with Gasteiger partial charge < -0.3 is 15.1 Å². The number of nitrogens with zero attached hydrogens (tertiary/aromatic N) is 2. The monoisotopic (exact) mass is 282 g/mol. The highest BCUT2D eigenvalue weighted by Gasteiger charge is 2.21. The van der Waals surface area contributed by atoms with E-state index in [1.807, 2.05) is 13.8 Å². The number of carboxylic acid groups (broad SMARTS) is 1.